The summed E-state index contributed by atoms with van der Waals surface area (Å²) in [5.74, 6) is 0. The zero-order valence-electron chi connectivity index (χ0n) is 8.66. The van der Waals surface area contributed by atoms with Gasteiger partial charge in [-0.05, 0) is 43.2 Å². The van der Waals surface area contributed by atoms with Gasteiger partial charge < -0.3 is 0 Å². The summed E-state index contributed by atoms with van der Waals surface area (Å²) < 4.78 is 0. The van der Waals surface area contributed by atoms with Crippen LogP contribution in [0.2, 0.25) is 5.15 Å². The van der Waals surface area contributed by atoms with Gasteiger partial charge in [-0.1, -0.05) is 11.6 Å². The first-order valence-electron chi connectivity index (χ1n) is 4.72. The summed E-state index contributed by atoms with van der Waals surface area (Å²) >= 11 is 5.92. The van der Waals surface area contributed by atoms with Crippen LogP contribution in [0.3, 0.4) is 0 Å². The average molecular weight is 219 g/mol. The Bertz CT molecular complexity index is 474. The van der Waals surface area contributed by atoms with Crippen LogP contribution in [0.25, 0.3) is 11.1 Å². The Morgan fingerprint density at radius 3 is 2.67 bits per heavy atom. The Morgan fingerprint density at radius 2 is 2.00 bits per heavy atom. The van der Waals surface area contributed by atoms with Gasteiger partial charge in [0, 0.05) is 23.7 Å². The molecule has 15 heavy (non-hydrogen) atoms. The first-order valence-corrected chi connectivity index (χ1v) is 5.10. The van der Waals surface area contributed by atoms with E-state index >= 15 is 0 Å². The van der Waals surface area contributed by atoms with Gasteiger partial charge in [0.15, 0.2) is 0 Å². The first-order chi connectivity index (χ1) is 7.16. The maximum absolute atomic E-state index is 5.92. The molecule has 0 spiro atoms. The number of pyridine rings is 2. The molecule has 0 aromatic carbocycles. The van der Waals surface area contributed by atoms with Crippen molar-refractivity contribution in [3.63, 3.8) is 0 Å². The van der Waals surface area contributed by atoms with Crippen LogP contribution >= 0.6 is 11.6 Å². The van der Waals surface area contributed by atoms with E-state index in [0.29, 0.717) is 5.15 Å². The molecule has 76 valence electrons. The van der Waals surface area contributed by atoms with Gasteiger partial charge in [0.1, 0.15) is 5.15 Å². The van der Waals surface area contributed by atoms with E-state index in [-0.39, 0.29) is 0 Å². The van der Waals surface area contributed by atoms with Gasteiger partial charge in [0.25, 0.3) is 0 Å². The number of halogens is 1. The van der Waals surface area contributed by atoms with Gasteiger partial charge in [-0.3, -0.25) is 4.98 Å². The SMILES string of the molecule is Cc1cc(-c2cnccc2C)cc(Cl)n1. The highest BCUT2D eigenvalue weighted by atomic mass is 35.5. The average Bonchev–Trinajstić information content (AvgIpc) is 2.16. The third kappa shape index (κ3) is 2.16. The van der Waals surface area contributed by atoms with E-state index in [1.165, 1.54) is 5.56 Å². The summed E-state index contributed by atoms with van der Waals surface area (Å²) in [5, 5.41) is 0.522. The molecule has 0 fully saturated rings. The van der Waals surface area contributed by atoms with Crippen LogP contribution in [-0.2, 0) is 0 Å². The lowest BCUT2D eigenvalue weighted by molar-refractivity contribution is 1.20. The summed E-state index contributed by atoms with van der Waals surface area (Å²) in [7, 11) is 0. The highest BCUT2D eigenvalue weighted by molar-refractivity contribution is 6.29. The van der Waals surface area contributed by atoms with E-state index in [2.05, 4.69) is 16.9 Å². The molecule has 2 rings (SSSR count). The number of hydrogen-bond donors (Lipinski definition) is 0. The van der Waals surface area contributed by atoms with Gasteiger partial charge in [-0.15, -0.1) is 0 Å². The zero-order chi connectivity index (χ0) is 10.8. The summed E-state index contributed by atoms with van der Waals surface area (Å²) in [4.78, 5) is 8.25. The Labute approximate surface area is 94.0 Å². The molecular formula is C12H11ClN2. The number of aryl methyl sites for hydroxylation is 2. The van der Waals surface area contributed by atoms with Crippen molar-refractivity contribution in [2.24, 2.45) is 0 Å². The van der Waals surface area contributed by atoms with E-state index < -0.39 is 0 Å². The van der Waals surface area contributed by atoms with Crippen LogP contribution in [0.15, 0.2) is 30.6 Å². The summed E-state index contributed by atoms with van der Waals surface area (Å²) in [6.07, 6.45) is 3.63. The predicted molar refractivity (Wildman–Crippen MR) is 62.0 cm³/mol. The molecule has 3 heteroatoms. The van der Waals surface area contributed by atoms with Gasteiger partial charge in [0.05, 0.1) is 0 Å². The fourth-order valence-electron chi connectivity index (χ4n) is 1.55. The molecule has 2 aromatic heterocycles. The lowest BCUT2D eigenvalue weighted by Crippen LogP contribution is -1.88. The molecule has 0 aliphatic heterocycles. The van der Waals surface area contributed by atoms with Crippen molar-refractivity contribution >= 4 is 11.6 Å². The minimum absolute atomic E-state index is 0.522. The van der Waals surface area contributed by atoms with Crippen LogP contribution in [-0.4, -0.2) is 9.97 Å². The van der Waals surface area contributed by atoms with Crippen LogP contribution in [0.4, 0.5) is 0 Å². The molecule has 2 aromatic rings. The molecule has 0 radical (unpaired) electrons. The molecule has 0 atom stereocenters. The van der Waals surface area contributed by atoms with E-state index in [1.54, 1.807) is 6.20 Å². The Hall–Kier alpha value is -1.41. The van der Waals surface area contributed by atoms with Gasteiger partial charge in [-0.2, -0.15) is 0 Å². The van der Waals surface area contributed by atoms with Gasteiger partial charge >= 0.3 is 0 Å². The van der Waals surface area contributed by atoms with Crippen LogP contribution in [0, 0.1) is 13.8 Å². The maximum atomic E-state index is 5.92. The molecule has 0 aliphatic carbocycles. The summed E-state index contributed by atoms with van der Waals surface area (Å²) in [6, 6.07) is 5.85. The predicted octanol–water partition coefficient (Wildman–Crippen LogP) is 3.41. The van der Waals surface area contributed by atoms with E-state index in [4.69, 9.17) is 11.6 Å². The topological polar surface area (TPSA) is 25.8 Å². The zero-order valence-corrected chi connectivity index (χ0v) is 9.42. The van der Waals surface area contributed by atoms with E-state index in [0.717, 1.165) is 16.8 Å². The van der Waals surface area contributed by atoms with Crippen molar-refractivity contribution in [2.75, 3.05) is 0 Å². The molecule has 0 saturated carbocycles. The molecular weight excluding hydrogens is 208 g/mol. The van der Waals surface area contributed by atoms with Crippen molar-refractivity contribution < 1.29 is 0 Å². The lowest BCUT2D eigenvalue weighted by Gasteiger charge is -2.06. The smallest absolute Gasteiger partial charge is 0.129 e. The van der Waals surface area contributed by atoms with Crippen molar-refractivity contribution in [3.8, 4) is 11.1 Å². The summed E-state index contributed by atoms with van der Waals surface area (Å²) in [6.45, 7) is 3.99. The Morgan fingerprint density at radius 1 is 1.20 bits per heavy atom. The van der Waals surface area contributed by atoms with Crippen molar-refractivity contribution in [2.45, 2.75) is 13.8 Å². The third-order valence-electron chi connectivity index (χ3n) is 2.27. The van der Waals surface area contributed by atoms with Gasteiger partial charge in [-0.25, -0.2) is 4.98 Å². The van der Waals surface area contributed by atoms with Gasteiger partial charge in [0.2, 0.25) is 0 Å². The normalized spacial score (nSPS) is 10.3. The maximum Gasteiger partial charge on any atom is 0.129 e. The first kappa shape index (κ1) is 10.1. The molecule has 0 bridgehead atoms. The summed E-state index contributed by atoms with van der Waals surface area (Å²) in [5.41, 5.74) is 4.27. The van der Waals surface area contributed by atoms with Crippen molar-refractivity contribution in [3.05, 3.63) is 47.0 Å². The highest BCUT2D eigenvalue weighted by Gasteiger charge is 2.03. The van der Waals surface area contributed by atoms with Crippen molar-refractivity contribution in [1.82, 2.24) is 9.97 Å². The molecule has 0 aliphatic rings. The fourth-order valence-corrected chi connectivity index (χ4v) is 1.80. The molecule has 0 saturated heterocycles. The van der Waals surface area contributed by atoms with E-state index in [1.807, 2.05) is 31.3 Å². The monoisotopic (exact) mass is 218 g/mol. The molecule has 2 nitrogen and oxygen atoms in total. The minimum Gasteiger partial charge on any atom is -0.264 e. The standard InChI is InChI=1S/C12H11ClN2/c1-8-3-4-14-7-11(8)10-5-9(2)15-12(13)6-10/h3-7H,1-2H3. The third-order valence-corrected chi connectivity index (χ3v) is 2.47. The van der Waals surface area contributed by atoms with Crippen LogP contribution < -0.4 is 0 Å². The lowest BCUT2D eigenvalue weighted by atomic mass is 10.0. The second kappa shape index (κ2) is 3.99. The minimum atomic E-state index is 0.522. The van der Waals surface area contributed by atoms with Crippen molar-refractivity contribution in [1.29, 1.82) is 0 Å². The molecule has 0 unspecified atom stereocenters. The molecule has 0 amide bonds. The number of aromatic nitrogens is 2. The number of hydrogen-bond acceptors (Lipinski definition) is 2. The molecule has 2 heterocycles. The van der Waals surface area contributed by atoms with E-state index in [9.17, 15) is 0 Å². The Kier molecular flexibility index (Phi) is 2.69. The second-order valence-electron chi connectivity index (χ2n) is 3.51. The van der Waals surface area contributed by atoms with Crippen LogP contribution in [0.1, 0.15) is 11.3 Å². The quantitative estimate of drug-likeness (QED) is 0.686. The highest BCUT2D eigenvalue weighted by Crippen LogP contribution is 2.24. The second-order valence-corrected chi connectivity index (χ2v) is 3.90. The number of nitrogens with zero attached hydrogens (tertiary/aromatic N) is 2. The number of rotatable bonds is 1. The Balaban J connectivity index is 2.59. The molecule has 0 N–H and O–H groups in total. The fraction of sp³-hybridized carbons (Fsp3) is 0.167. The van der Waals surface area contributed by atoms with Crippen LogP contribution in [0.5, 0.6) is 0 Å². The largest absolute Gasteiger partial charge is 0.264 e.